The molecule has 4 aromatic carbocycles. The molecule has 0 aliphatic rings. The third kappa shape index (κ3) is 9.78. The molecule has 283 valence electrons. The maximum absolute atomic E-state index is 8.99. The first-order valence-electron chi connectivity index (χ1n) is 19.1. The first kappa shape index (κ1) is 40.9. The van der Waals surface area contributed by atoms with Crippen molar-refractivity contribution in [2.75, 3.05) is 0 Å². The Labute approximate surface area is 348 Å². The zero-order valence-electron chi connectivity index (χ0n) is 34.9. The van der Waals surface area contributed by atoms with E-state index in [0.29, 0.717) is 5.69 Å². The summed E-state index contributed by atoms with van der Waals surface area (Å²) in [5.41, 5.74) is 10.3. The van der Waals surface area contributed by atoms with Gasteiger partial charge in [-0.3, -0.25) is 0 Å². The first-order valence-corrected chi connectivity index (χ1v) is 33.3. The summed E-state index contributed by atoms with van der Waals surface area (Å²) >= 11 is -3.68. The van der Waals surface area contributed by atoms with Gasteiger partial charge in [0.05, 0.1) is 0 Å². The molecule has 0 aliphatic carbocycles. The predicted molar refractivity (Wildman–Crippen MR) is 235 cm³/mol. The van der Waals surface area contributed by atoms with Gasteiger partial charge in [-0.25, -0.2) is 0 Å². The van der Waals surface area contributed by atoms with Gasteiger partial charge in [-0.1, -0.05) is 33.3 Å². The van der Waals surface area contributed by atoms with E-state index in [1.165, 1.54) is 25.5 Å². The van der Waals surface area contributed by atoms with Crippen molar-refractivity contribution in [2.24, 2.45) is 5.41 Å². The monoisotopic (exact) mass is 1030 g/mol. The van der Waals surface area contributed by atoms with E-state index in [9.17, 15) is 0 Å². The largest absolute Gasteiger partial charge is 0 e. The van der Waals surface area contributed by atoms with Crippen LogP contribution in [0.5, 0.6) is 0 Å². The minimum Gasteiger partial charge on any atom is 0 e. The van der Waals surface area contributed by atoms with Gasteiger partial charge in [0.15, 0.2) is 0 Å². The molecule has 3 aromatic heterocycles. The molecule has 1 atom stereocenters. The first-order chi connectivity index (χ1) is 25.8. The summed E-state index contributed by atoms with van der Waals surface area (Å²) in [6.45, 7) is 17.5. The van der Waals surface area contributed by atoms with Crippen LogP contribution in [0, 0.1) is 31.0 Å². The molecule has 1 unspecified atom stereocenters. The van der Waals surface area contributed by atoms with Crippen LogP contribution >= 0.6 is 0 Å². The molecule has 1 radical (unpaired) electrons. The van der Waals surface area contributed by atoms with Gasteiger partial charge in [-0.05, 0) is 17.4 Å². The van der Waals surface area contributed by atoms with Crippen LogP contribution in [0.15, 0.2) is 108 Å². The molecule has 7 heteroatoms. The van der Waals surface area contributed by atoms with Crippen LogP contribution in [0.1, 0.15) is 46.1 Å². The Morgan fingerprint density at radius 2 is 1.42 bits per heavy atom. The zero-order valence-corrected chi connectivity index (χ0v) is 40.5. The van der Waals surface area contributed by atoms with Gasteiger partial charge >= 0.3 is 273 Å². The van der Waals surface area contributed by atoms with Gasteiger partial charge in [0.2, 0.25) is 0 Å². The molecule has 7 rings (SSSR count). The van der Waals surface area contributed by atoms with Crippen LogP contribution < -0.4 is 8.79 Å². The molecule has 0 N–H and O–H groups in total. The van der Waals surface area contributed by atoms with E-state index in [4.69, 9.17) is 12.4 Å². The number of aryl methyl sites for hydroxylation is 1. The molecular weight excluding hydrogens is 972 g/mol. The fourth-order valence-corrected chi connectivity index (χ4v) is 12.6. The van der Waals surface area contributed by atoms with Gasteiger partial charge in [0.1, 0.15) is 0 Å². The number of benzene rings is 4. The number of aromatic nitrogens is 2. The number of nitrogens with zero attached hydrogens (tertiary/aromatic N) is 3. The van der Waals surface area contributed by atoms with E-state index in [1.54, 1.807) is 18.3 Å². The van der Waals surface area contributed by atoms with E-state index >= 15 is 0 Å². The van der Waals surface area contributed by atoms with Gasteiger partial charge < -0.3 is 0 Å². The Hall–Kier alpha value is -3.79. The maximum atomic E-state index is 8.99. The molecule has 0 amide bonds. The average Bonchev–Trinajstić information content (AvgIpc) is 3.51. The molecule has 0 saturated carbocycles. The topological polar surface area (TPSA) is 43.3 Å². The van der Waals surface area contributed by atoms with Crippen molar-refractivity contribution in [1.29, 1.82) is 0 Å². The molecule has 0 spiro atoms. The summed E-state index contributed by atoms with van der Waals surface area (Å²) in [6.07, 6.45) is 3.82. The molecule has 7 aromatic rings. The van der Waals surface area contributed by atoms with Crippen molar-refractivity contribution in [2.45, 2.75) is 75.1 Å². The van der Waals surface area contributed by atoms with E-state index in [0.717, 1.165) is 50.0 Å². The van der Waals surface area contributed by atoms with Crippen LogP contribution in [-0.4, -0.2) is 36.5 Å². The van der Waals surface area contributed by atoms with Crippen molar-refractivity contribution in [3.63, 3.8) is 0 Å². The number of fused-ring (bicyclic) bond motifs is 3. The quantitative estimate of drug-likeness (QED) is 0.123. The second-order valence-electron chi connectivity index (χ2n) is 17.3. The summed E-state index contributed by atoms with van der Waals surface area (Å²) < 4.78 is 18.1. The molecule has 0 fully saturated rings. The fraction of sp³-hybridized carbons (Fsp3) is 0.271. The van der Waals surface area contributed by atoms with Crippen molar-refractivity contribution in [1.82, 2.24) is 9.97 Å². The third-order valence-corrected chi connectivity index (χ3v) is 19.0. The molecule has 0 bridgehead atoms. The smallest absolute Gasteiger partial charge is 0 e. The summed E-state index contributed by atoms with van der Waals surface area (Å²) in [5.74, 6) is 13.6. The fourth-order valence-electron chi connectivity index (χ4n) is 6.62. The van der Waals surface area contributed by atoms with Gasteiger partial charge in [0.25, 0.3) is 0 Å². The van der Waals surface area contributed by atoms with Crippen molar-refractivity contribution in [3.05, 3.63) is 138 Å². The number of pyridine rings is 2. The average molecular weight is 1020 g/mol. The summed E-state index contributed by atoms with van der Waals surface area (Å²) in [4.78, 5) is 12.6. The van der Waals surface area contributed by atoms with Crippen LogP contribution in [0.2, 0.25) is 34.5 Å². The molecule has 3 heterocycles. The molecule has 0 aliphatic heterocycles. The summed E-state index contributed by atoms with van der Waals surface area (Å²) in [5, 5.41) is 2.14. The van der Waals surface area contributed by atoms with Crippen molar-refractivity contribution in [3.8, 4) is 33.6 Å². The summed E-state index contributed by atoms with van der Waals surface area (Å²) in [7, 11) is 0. The van der Waals surface area contributed by atoms with E-state index in [-0.39, 0.29) is 25.5 Å². The van der Waals surface area contributed by atoms with Crippen LogP contribution in [-0.2, 0) is 20.1 Å². The van der Waals surface area contributed by atoms with Crippen LogP contribution in [0.3, 0.4) is 0 Å². The summed E-state index contributed by atoms with van der Waals surface area (Å²) in [6, 6.07) is 37.6. The van der Waals surface area contributed by atoms with E-state index in [2.05, 4.69) is 144 Å². The van der Waals surface area contributed by atoms with Crippen molar-refractivity contribution < 1.29 is 25.9 Å². The zero-order chi connectivity index (χ0) is 39.9. The third-order valence-electron chi connectivity index (χ3n) is 10.2. The van der Waals surface area contributed by atoms with Crippen LogP contribution in [0.4, 0.5) is 5.69 Å². The van der Waals surface area contributed by atoms with E-state index < -0.39 is 32.4 Å². The Balaban J connectivity index is 0.000000254. The Morgan fingerprint density at radius 1 is 0.764 bits per heavy atom. The number of furan rings is 1. The Kier molecular flexibility index (Phi) is 12.4. The second-order valence-corrected chi connectivity index (χ2v) is 38.5. The van der Waals surface area contributed by atoms with Gasteiger partial charge in [0, 0.05) is 27.7 Å². The predicted octanol–water partition coefficient (Wildman–Crippen LogP) is 12.8. The minimum atomic E-state index is -1.84. The maximum Gasteiger partial charge on any atom is 0 e. The second kappa shape index (κ2) is 16.7. The number of hydrogen-bond donors (Lipinski definition) is 0. The minimum absolute atomic E-state index is 0. The SMILES string of the molecule is [2H]C(C)(c1ccnc(-c2[c-]cc3oc4ccc(-c5cc[c]([Ge]([CH3])([CH3])[CH3])cc5)cc4c3c2)c1)C(C)(C)C.[C-]#[N+]c1cc[c-]c(-c2cc(C)[c]([Ge]([CH3])([CH3])[CH3])cn2)c1.[Ir]. The number of rotatable bonds is 6. The molecule has 4 nitrogen and oxygen atoms in total. The Bertz CT molecular complexity index is 2550. The van der Waals surface area contributed by atoms with Gasteiger partial charge in [-0.15, -0.1) is 0 Å². The van der Waals surface area contributed by atoms with E-state index in [1.807, 2.05) is 37.4 Å². The number of hydrogen-bond acceptors (Lipinski definition) is 3. The molecular formula is C48H51Ge2IrN3O-2. The molecule has 55 heavy (non-hydrogen) atoms. The van der Waals surface area contributed by atoms with Crippen LogP contribution in [0.25, 0.3) is 60.4 Å². The molecule has 0 saturated heterocycles. The normalized spacial score (nSPS) is 13.2. The standard InChI is InChI=1S/C32H34GeNO.C16H17GeN2.Ir/c1-21(32(2,3)4)23-16-17-34-29(20-23)25-11-15-31-28(19-25)27-18-24(10-14-30(27)35-31)22-8-12-26(13-9-22)33(5,6)7;1-12-9-16(19-11-15(12)17(2,3)4)13-7-6-8-14(10-13)18-5;/h8-10,12-21H,1-7H3;6,8-11H,1-4H3;/q2*-1;/i21D;;. The Morgan fingerprint density at radius 3 is 2.05 bits per heavy atom. The van der Waals surface area contributed by atoms with Gasteiger partial charge in [-0.2, -0.15) is 0 Å². The van der Waals surface area contributed by atoms with Crippen molar-refractivity contribution >= 4 is 62.9 Å².